The summed E-state index contributed by atoms with van der Waals surface area (Å²) in [5.74, 6) is -1.31. The molecule has 0 aliphatic carbocycles. The fourth-order valence-electron chi connectivity index (χ4n) is 2.12. The van der Waals surface area contributed by atoms with Gasteiger partial charge in [0.05, 0.1) is 18.1 Å². The van der Waals surface area contributed by atoms with Crippen LogP contribution in [0.3, 0.4) is 0 Å². The number of benzene rings is 1. The number of aliphatic carboxylic acids is 1. The zero-order valence-corrected chi connectivity index (χ0v) is 12.5. The number of nitrogens with one attached hydrogen (secondary N) is 1. The van der Waals surface area contributed by atoms with Gasteiger partial charge in [0.25, 0.3) is 5.91 Å². The van der Waals surface area contributed by atoms with Crippen molar-refractivity contribution in [3.05, 3.63) is 35.4 Å². The average molecular weight is 288 g/mol. The van der Waals surface area contributed by atoms with Crippen molar-refractivity contribution in [1.29, 1.82) is 5.26 Å². The Kier molecular flexibility index (Phi) is 5.48. The van der Waals surface area contributed by atoms with Crippen molar-refractivity contribution in [2.75, 3.05) is 0 Å². The summed E-state index contributed by atoms with van der Waals surface area (Å²) in [5, 5.41) is 20.5. The van der Waals surface area contributed by atoms with Crippen LogP contribution in [0.4, 0.5) is 0 Å². The Morgan fingerprint density at radius 1 is 1.38 bits per heavy atom. The van der Waals surface area contributed by atoms with Crippen LogP contribution in [-0.2, 0) is 4.79 Å². The van der Waals surface area contributed by atoms with E-state index in [1.165, 1.54) is 6.07 Å². The Bertz CT molecular complexity index is 568. The van der Waals surface area contributed by atoms with Gasteiger partial charge in [-0.3, -0.25) is 9.59 Å². The summed E-state index contributed by atoms with van der Waals surface area (Å²) in [5.41, 5.74) is 0.661. The number of carbonyl (C=O) groups is 2. The third kappa shape index (κ3) is 6.09. The van der Waals surface area contributed by atoms with Gasteiger partial charge in [0.2, 0.25) is 0 Å². The highest BCUT2D eigenvalue weighted by molar-refractivity contribution is 5.94. The lowest BCUT2D eigenvalue weighted by atomic mass is 9.87. The monoisotopic (exact) mass is 288 g/mol. The number of carboxylic acid groups (broad SMARTS) is 1. The molecular weight excluding hydrogens is 268 g/mol. The van der Waals surface area contributed by atoms with Gasteiger partial charge in [-0.25, -0.2) is 0 Å². The molecular formula is C16H20N2O3. The van der Waals surface area contributed by atoms with Gasteiger partial charge >= 0.3 is 5.97 Å². The molecule has 5 heteroatoms. The maximum absolute atomic E-state index is 12.2. The van der Waals surface area contributed by atoms with Crippen LogP contribution in [0, 0.1) is 16.7 Å². The molecule has 2 N–H and O–H groups in total. The number of amides is 1. The Morgan fingerprint density at radius 2 is 2.05 bits per heavy atom. The Labute approximate surface area is 124 Å². The second kappa shape index (κ2) is 6.89. The molecule has 1 aromatic rings. The van der Waals surface area contributed by atoms with Gasteiger partial charge in [-0.15, -0.1) is 0 Å². The van der Waals surface area contributed by atoms with Gasteiger partial charge in [-0.05, 0) is 30.0 Å². The molecule has 0 spiro atoms. The molecule has 5 nitrogen and oxygen atoms in total. The number of carbonyl (C=O) groups excluding carboxylic acids is 1. The van der Waals surface area contributed by atoms with Crippen LogP contribution < -0.4 is 5.32 Å². The number of nitriles is 1. The summed E-state index contributed by atoms with van der Waals surface area (Å²) in [4.78, 5) is 23.1. The van der Waals surface area contributed by atoms with Crippen LogP contribution in [0.1, 0.15) is 49.5 Å². The van der Waals surface area contributed by atoms with Gasteiger partial charge < -0.3 is 10.4 Å². The van der Waals surface area contributed by atoms with Crippen molar-refractivity contribution >= 4 is 11.9 Å². The van der Waals surface area contributed by atoms with Crippen LogP contribution >= 0.6 is 0 Å². The van der Waals surface area contributed by atoms with Crippen LogP contribution in [0.15, 0.2) is 24.3 Å². The number of nitrogens with zero attached hydrogens (tertiary/aromatic N) is 1. The average Bonchev–Trinajstić information content (AvgIpc) is 2.35. The first-order valence-electron chi connectivity index (χ1n) is 6.74. The van der Waals surface area contributed by atoms with Gasteiger partial charge in [0.1, 0.15) is 0 Å². The van der Waals surface area contributed by atoms with Crippen molar-refractivity contribution in [3.8, 4) is 6.07 Å². The molecule has 1 unspecified atom stereocenters. The molecule has 0 fully saturated rings. The minimum atomic E-state index is -0.949. The smallest absolute Gasteiger partial charge is 0.305 e. The van der Waals surface area contributed by atoms with Crippen molar-refractivity contribution in [3.63, 3.8) is 0 Å². The zero-order chi connectivity index (χ0) is 16.0. The lowest BCUT2D eigenvalue weighted by Gasteiger charge is -2.25. The van der Waals surface area contributed by atoms with Gasteiger partial charge in [0, 0.05) is 11.6 Å². The van der Waals surface area contributed by atoms with Crippen molar-refractivity contribution in [2.24, 2.45) is 5.41 Å². The van der Waals surface area contributed by atoms with E-state index in [1.54, 1.807) is 18.2 Å². The molecule has 1 rings (SSSR count). The zero-order valence-electron chi connectivity index (χ0n) is 12.5. The van der Waals surface area contributed by atoms with Gasteiger partial charge in [0.15, 0.2) is 0 Å². The predicted molar refractivity (Wildman–Crippen MR) is 78.7 cm³/mol. The van der Waals surface area contributed by atoms with Gasteiger partial charge in [-0.2, -0.15) is 5.26 Å². The molecule has 0 aliphatic rings. The fourth-order valence-corrected chi connectivity index (χ4v) is 2.12. The van der Waals surface area contributed by atoms with E-state index >= 15 is 0 Å². The number of hydrogen-bond acceptors (Lipinski definition) is 3. The SMILES string of the molecule is CC(C)(C)CC(CC(=O)O)NC(=O)c1cccc(C#N)c1. The third-order valence-electron chi connectivity index (χ3n) is 2.87. The normalized spacial score (nSPS) is 12.3. The third-order valence-corrected chi connectivity index (χ3v) is 2.87. The number of carboxylic acids is 1. The first-order chi connectivity index (χ1) is 9.71. The van der Waals surface area contributed by atoms with E-state index in [-0.39, 0.29) is 17.7 Å². The highest BCUT2D eigenvalue weighted by atomic mass is 16.4. The van der Waals surface area contributed by atoms with E-state index in [1.807, 2.05) is 26.8 Å². The molecule has 0 radical (unpaired) electrons. The summed E-state index contributed by atoms with van der Waals surface area (Å²) in [6.45, 7) is 5.97. The highest BCUT2D eigenvalue weighted by Gasteiger charge is 2.23. The topological polar surface area (TPSA) is 90.2 Å². The molecule has 1 atom stereocenters. The molecule has 0 aliphatic heterocycles. The molecule has 1 aromatic carbocycles. The van der Waals surface area contributed by atoms with Crippen LogP contribution in [0.25, 0.3) is 0 Å². The molecule has 0 bridgehead atoms. The van der Waals surface area contributed by atoms with Crippen LogP contribution in [0.2, 0.25) is 0 Å². The lowest BCUT2D eigenvalue weighted by Crippen LogP contribution is -2.39. The molecule has 0 saturated carbocycles. The van der Waals surface area contributed by atoms with Crippen molar-refractivity contribution in [2.45, 2.75) is 39.7 Å². The Balaban J connectivity index is 2.84. The van der Waals surface area contributed by atoms with Crippen LogP contribution in [0.5, 0.6) is 0 Å². The number of hydrogen-bond donors (Lipinski definition) is 2. The maximum atomic E-state index is 12.2. The van der Waals surface area contributed by atoms with E-state index in [0.717, 1.165) is 0 Å². The van der Waals surface area contributed by atoms with E-state index in [9.17, 15) is 9.59 Å². The Hall–Kier alpha value is -2.35. The largest absolute Gasteiger partial charge is 0.481 e. The lowest BCUT2D eigenvalue weighted by molar-refractivity contribution is -0.137. The first-order valence-corrected chi connectivity index (χ1v) is 6.74. The van der Waals surface area contributed by atoms with E-state index in [4.69, 9.17) is 10.4 Å². The highest BCUT2D eigenvalue weighted by Crippen LogP contribution is 2.22. The summed E-state index contributed by atoms with van der Waals surface area (Å²) < 4.78 is 0. The summed E-state index contributed by atoms with van der Waals surface area (Å²) >= 11 is 0. The molecule has 0 aromatic heterocycles. The Morgan fingerprint density at radius 3 is 2.57 bits per heavy atom. The van der Waals surface area contributed by atoms with Crippen molar-refractivity contribution < 1.29 is 14.7 Å². The van der Waals surface area contributed by atoms with Crippen LogP contribution in [-0.4, -0.2) is 23.0 Å². The van der Waals surface area contributed by atoms with E-state index < -0.39 is 12.0 Å². The number of rotatable bonds is 5. The summed E-state index contributed by atoms with van der Waals surface area (Å²) in [6, 6.07) is 7.86. The molecule has 1 amide bonds. The minimum Gasteiger partial charge on any atom is -0.481 e. The quantitative estimate of drug-likeness (QED) is 0.871. The standard InChI is InChI=1S/C16H20N2O3/c1-16(2,3)9-13(8-14(19)20)18-15(21)12-6-4-5-11(7-12)10-17/h4-7,13H,8-9H2,1-3H3,(H,18,21)(H,19,20). The summed E-state index contributed by atoms with van der Waals surface area (Å²) in [7, 11) is 0. The first kappa shape index (κ1) is 16.7. The maximum Gasteiger partial charge on any atom is 0.305 e. The molecule has 112 valence electrons. The fraction of sp³-hybridized carbons (Fsp3) is 0.438. The second-order valence-electron chi connectivity index (χ2n) is 6.23. The van der Waals surface area contributed by atoms with Crippen molar-refractivity contribution in [1.82, 2.24) is 5.32 Å². The predicted octanol–water partition coefficient (Wildman–Crippen LogP) is 2.57. The second-order valence-corrected chi connectivity index (χ2v) is 6.23. The molecule has 0 saturated heterocycles. The van der Waals surface area contributed by atoms with E-state index in [2.05, 4.69) is 5.32 Å². The molecule has 21 heavy (non-hydrogen) atoms. The van der Waals surface area contributed by atoms with E-state index in [0.29, 0.717) is 17.5 Å². The minimum absolute atomic E-state index is 0.0953. The molecule has 0 heterocycles. The van der Waals surface area contributed by atoms with Gasteiger partial charge in [-0.1, -0.05) is 26.8 Å². The summed E-state index contributed by atoms with van der Waals surface area (Å²) in [6.07, 6.45) is 0.434.